The number of ether oxygens (including phenoxy) is 1. The zero-order valence-electron chi connectivity index (χ0n) is 14.5. The Morgan fingerprint density at radius 1 is 1.08 bits per heavy atom. The summed E-state index contributed by atoms with van der Waals surface area (Å²) in [5, 5.41) is 6.67. The molecule has 1 aromatic heterocycles. The van der Waals surface area contributed by atoms with E-state index < -0.39 is 0 Å². The predicted octanol–water partition coefficient (Wildman–Crippen LogP) is 4.08. The summed E-state index contributed by atoms with van der Waals surface area (Å²) >= 11 is 1.81. The number of hydrogen-bond acceptors (Lipinski definition) is 3. The summed E-state index contributed by atoms with van der Waals surface area (Å²) in [4.78, 5) is 7.30. The zero-order chi connectivity index (χ0) is 16.5. The molecule has 0 spiro atoms. The zero-order valence-corrected chi connectivity index (χ0v) is 17.6. The Hall–Kier alpha value is -1.12. The van der Waals surface area contributed by atoms with Crippen LogP contribution >= 0.6 is 35.3 Å². The SMILES string of the molecule is CCNC(=NCc1ccc(COC)cc1)NCc1ccc(C)s1.I. The normalized spacial score (nSPS) is 11.0. The standard InChI is InChI=1S/C18H25N3OS.HI/c1-4-19-18(21-12-17-10-5-14(2)23-17)20-11-15-6-8-16(9-7-15)13-22-3;/h5-10H,4,11-13H2,1-3H3,(H2,19,20,21);1H. The highest BCUT2D eigenvalue weighted by Gasteiger charge is 2.01. The fourth-order valence-corrected chi connectivity index (χ4v) is 3.00. The summed E-state index contributed by atoms with van der Waals surface area (Å²) in [7, 11) is 1.71. The van der Waals surface area contributed by atoms with E-state index in [9.17, 15) is 0 Å². The van der Waals surface area contributed by atoms with Crippen LogP contribution in [0.25, 0.3) is 0 Å². The molecular weight excluding hydrogens is 433 g/mol. The second-order valence-electron chi connectivity index (χ2n) is 5.31. The van der Waals surface area contributed by atoms with Gasteiger partial charge in [0.25, 0.3) is 0 Å². The van der Waals surface area contributed by atoms with Crippen molar-refractivity contribution in [3.63, 3.8) is 0 Å². The molecule has 6 heteroatoms. The molecule has 1 heterocycles. The highest BCUT2D eigenvalue weighted by molar-refractivity contribution is 14.0. The maximum absolute atomic E-state index is 5.13. The largest absolute Gasteiger partial charge is 0.380 e. The summed E-state index contributed by atoms with van der Waals surface area (Å²) < 4.78 is 5.13. The summed E-state index contributed by atoms with van der Waals surface area (Å²) in [5.74, 6) is 0.847. The van der Waals surface area contributed by atoms with Crippen molar-refractivity contribution in [3.8, 4) is 0 Å². The Morgan fingerprint density at radius 3 is 2.38 bits per heavy atom. The quantitative estimate of drug-likeness (QED) is 0.373. The van der Waals surface area contributed by atoms with Crippen LogP contribution in [0.3, 0.4) is 0 Å². The van der Waals surface area contributed by atoms with Gasteiger partial charge in [0.2, 0.25) is 0 Å². The maximum Gasteiger partial charge on any atom is 0.191 e. The maximum atomic E-state index is 5.13. The van der Waals surface area contributed by atoms with Gasteiger partial charge in [-0.1, -0.05) is 24.3 Å². The lowest BCUT2D eigenvalue weighted by Crippen LogP contribution is -2.36. The number of rotatable bonds is 7. The van der Waals surface area contributed by atoms with Gasteiger partial charge in [-0.25, -0.2) is 4.99 Å². The molecule has 0 aliphatic rings. The molecule has 0 fully saturated rings. The average molecular weight is 459 g/mol. The van der Waals surface area contributed by atoms with Gasteiger partial charge in [-0.05, 0) is 37.1 Å². The minimum Gasteiger partial charge on any atom is -0.380 e. The molecule has 132 valence electrons. The van der Waals surface area contributed by atoms with Crippen LogP contribution in [-0.4, -0.2) is 19.6 Å². The van der Waals surface area contributed by atoms with Crippen molar-refractivity contribution >= 4 is 41.3 Å². The second kappa shape index (κ2) is 11.4. The number of aliphatic imine (C=N–C) groups is 1. The van der Waals surface area contributed by atoms with Crippen LogP contribution in [0.15, 0.2) is 41.4 Å². The van der Waals surface area contributed by atoms with Gasteiger partial charge in [-0.15, -0.1) is 35.3 Å². The van der Waals surface area contributed by atoms with E-state index in [1.54, 1.807) is 7.11 Å². The Kier molecular flexibility index (Phi) is 9.97. The molecule has 0 aliphatic carbocycles. The van der Waals surface area contributed by atoms with Crippen molar-refractivity contribution in [2.45, 2.75) is 33.5 Å². The number of hydrogen-bond donors (Lipinski definition) is 2. The Bertz CT molecular complexity index is 625. The van der Waals surface area contributed by atoms with Crippen molar-refractivity contribution in [2.24, 2.45) is 4.99 Å². The third kappa shape index (κ3) is 7.19. The number of benzene rings is 1. The predicted molar refractivity (Wildman–Crippen MR) is 113 cm³/mol. The fourth-order valence-electron chi connectivity index (χ4n) is 2.17. The summed E-state index contributed by atoms with van der Waals surface area (Å²) in [5.41, 5.74) is 2.37. The third-order valence-electron chi connectivity index (χ3n) is 3.32. The van der Waals surface area contributed by atoms with Crippen LogP contribution in [0, 0.1) is 6.92 Å². The van der Waals surface area contributed by atoms with Crippen molar-refractivity contribution in [1.29, 1.82) is 0 Å². The molecule has 4 nitrogen and oxygen atoms in total. The van der Waals surface area contributed by atoms with Gasteiger partial charge in [0.15, 0.2) is 5.96 Å². The molecule has 0 radical (unpaired) electrons. The average Bonchev–Trinajstić information content (AvgIpc) is 2.97. The highest BCUT2D eigenvalue weighted by Crippen LogP contribution is 2.14. The van der Waals surface area contributed by atoms with Gasteiger partial charge < -0.3 is 15.4 Å². The smallest absolute Gasteiger partial charge is 0.191 e. The number of nitrogens with zero attached hydrogens (tertiary/aromatic N) is 1. The summed E-state index contributed by atoms with van der Waals surface area (Å²) in [6.45, 7) is 7.16. The van der Waals surface area contributed by atoms with Crippen molar-refractivity contribution in [2.75, 3.05) is 13.7 Å². The summed E-state index contributed by atoms with van der Waals surface area (Å²) in [6, 6.07) is 12.7. The Balaban J connectivity index is 0.00000288. The van der Waals surface area contributed by atoms with E-state index in [0.29, 0.717) is 13.2 Å². The Labute approximate surface area is 165 Å². The second-order valence-corrected chi connectivity index (χ2v) is 6.68. The van der Waals surface area contributed by atoms with E-state index in [-0.39, 0.29) is 24.0 Å². The number of thiophene rings is 1. The number of halogens is 1. The van der Waals surface area contributed by atoms with Crippen LogP contribution in [-0.2, 0) is 24.4 Å². The first-order chi connectivity index (χ1) is 11.2. The van der Waals surface area contributed by atoms with E-state index in [1.165, 1.54) is 20.9 Å². The van der Waals surface area contributed by atoms with Crippen LogP contribution in [0.1, 0.15) is 27.8 Å². The first-order valence-electron chi connectivity index (χ1n) is 7.85. The molecule has 0 amide bonds. The van der Waals surface area contributed by atoms with Gasteiger partial charge in [0, 0.05) is 23.4 Å². The fraction of sp³-hybridized carbons (Fsp3) is 0.389. The number of guanidine groups is 1. The molecule has 0 saturated heterocycles. The molecule has 0 aliphatic heterocycles. The number of aryl methyl sites for hydroxylation is 1. The van der Waals surface area contributed by atoms with Gasteiger partial charge in [-0.3, -0.25) is 0 Å². The van der Waals surface area contributed by atoms with E-state index in [4.69, 9.17) is 4.74 Å². The molecular formula is C18H26IN3OS. The first-order valence-corrected chi connectivity index (χ1v) is 8.67. The molecule has 1 aromatic carbocycles. The Morgan fingerprint density at radius 2 is 1.79 bits per heavy atom. The number of methoxy groups -OCH3 is 1. The van der Waals surface area contributed by atoms with E-state index >= 15 is 0 Å². The van der Waals surface area contributed by atoms with Gasteiger partial charge >= 0.3 is 0 Å². The lowest BCUT2D eigenvalue weighted by molar-refractivity contribution is 0.185. The molecule has 0 atom stereocenters. The molecule has 24 heavy (non-hydrogen) atoms. The topological polar surface area (TPSA) is 45.7 Å². The van der Waals surface area contributed by atoms with Gasteiger partial charge in [-0.2, -0.15) is 0 Å². The number of nitrogens with one attached hydrogen (secondary N) is 2. The van der Waals surface area contributed by atoms with Crippen LogP contribution in [0.2, 0.25) is 0 Å². The lowest BCUT2D eigenvalue weighted by atomic mass is 10.1. The molecule has 0 saturated carbocycles. The molecule has 2 rings (SSSR count). The minimum atomic E-state index is 0. The van der Waals surface area contributed by atoms with Crippen LogP contribution in [0.4, 0.5) is 0 Å². The van der Waals surface area contributed by atoms with Gasteiger partial charge in [0.05, 0.1) is 19.7 Å². The lowest BCUT2D eigenvalue weighted by Gasteiger charge is -2.10. The molecule has 2 N–H and O–H groups in total. The highest BCUT2D eigenvalue weighted by atomic mass is 127. The van der Waals surface area contributed by atoms with E-state index in [1.807, 2.05) is 11.3 Å². The van der Waals surface area contributed by atoms with E-state index in [0.717, 1.165) is 19.0 Å². The van der Waals surface area contributed by atoms with Gasteiger partial charge in [0.1, 0.15) is 0 Å². The van der Waals surface area contributed by atoms with Crippen LogP contribution in [0.5, 0.6) is 0 Å². The minimum absolute atomic E-state index is 0. The molecule has 0 bridgehead atoms. The van der Waals surface area contributed by atoms with E-state index in [2.05, 4.69) is 65.9 Å². The van der Waals surface area contributed by atoms with Crippen molar-refractivity contribution in [1.82, 2.24) is 10.6 Å². The summed E-state index contributed by atoms with van der Waals surface area (Å²) in [6.07, 6.45) is 0. The van der Waals surface area contributed by atoms with Crippen molar-refractivity contribution in [3.05, 3.63) is 57.3 Å². The monoisotopic (exact) mass is 459 g/mol. The third-order valence-corrected chi connectivity index (χ3v) is 4.32. The molecule has 2 aromatic rings. The molecule has 0 unspecified atom stereocenters. The van der Waals surface area contributed by atoms with Crippen molar-refractivity contribution < 1.29 is 4.74 Å². The first kappa shape index (κ1) is 20.9. The van der Waals surface area contributed by atoms with Crippen LogP contribution < -0.4 is 10.6 Å².